The van der Waals surface area contributed by atoms with Gasteiger partial charge in [-0.25, -0.2) is 0 Å². The van der Waals surface area contributed by atoms with Crippen LogP contribution in [0, 0.1) is 0 Å². The number of halogens is 2. The molecule has 116 valence electrons. The third-order valence-corrected chi connectivity index (χ3v) is 3.70. The molecule has 1 aliphatic heterocycles. The van der Waals surface area contributed by atoms with Crippen LogP contribution in [0.2, 0.25) is 0 Å². The zero-order valence-corrected chi connectivity index (χ0v) is 12.2. The normalized spacial score (nSPS) is 20.7. The van der Waals surface area contributed by atoms with Gasteiger partial charge in [0.15, 0.2) is 0 Å². The van der Waals surface area contributed by atoms with Crippen LogP contribution in [0.5, 0.6) is 5.75 Å². The standard InChI is InChI=1S/C15H20F2N2O2/c1-10(18-12-6-7-14(20)19(2)9-12)11-4-3-5-13(8-11)21-15(16)17/h3-5,8,10,12,15,18H,6-7,9H2,1-2H3. The third-order valence-electron chi connectivity index (χ3n) is 3.70. The van der Waals surface area contributed by atoms with Crippen LogP contribution >= 0.6 is 0 Å². The largest absolute Gasteiger partial charge is 0.435 e. The fraction of sp³-hybridized carbons (Fsp3) is 0.533. The van der Waals surface area contributed by atoms with Gasteiger partial charge in [0.05, 0.1) is 0 Å². The van der Waals surface area contributed by atoms with E-state index in [-0.39, 0.29) is 23.7 Å². The molecule has 1 saturated heterocycles. The number of amides is 1. The summed E-state index contributed by atoms with van der Waals surface area (Å²) >= 11 is 0. The summed E-state index contributed by atoms with van der Waals surface area (Å²) in [5, 5.41) is 3.43. The molecule has 1 heterocycles. The highest BCUT2D eigenvalue weighted by Crippen LogP contribution is 2.22. The van der Waals surface area contributed by atoms with Crippen LogP contribution in [0.1, 0.15) is 31.4 Å². The van der Waals surface area contributed by atoms with Gasteiger partial charge in [0, 0.05) is 32.1 Å². The number of piperidine rings is 1. The quantitative estimate of drug-likeness (QED) is 0.908. The SMILES string of the molecule is CC(NC1CCC(=O)N(C)C1)c1cccc(OC(F)F)c1. The Balaban J connectivity index is 1.96. The summed E-state index contributed by atoms with van der Waals surface area (Å²) < 4.78 is 28.9. The van der Waals surface area contributed by atoms with Crippen LogP contribution in [0.25, 0.3) is 0 Å². The van der Waals surface area contributed by atoms with Crippen LogP contribution in [-0.4, -0.2) is 37.1 Å². The molecule has 4 nitrogen and oxygen atoms in total. The second kappa shape index (κ2) is 6.85. The molecule has 1 aromatic carbocycles. The number of alkyl halides is 2. The zero-order chi connectivity index (χ0) is 15.4. The Bertz CT molecular complexity index is 496. The van der Waals surface area contributed by atoms with Gasteiger partial charge in [0.25, 0.3) is 0 Å². The van der Waals surface area contributed by atoms with E-state index in [4.69, 9.17) is 0 Å². The zero-order valence-electron chi connectivity index (χ0n) is 12.2. The first-order chi connectivity index (χ1) is 9.95. The Morgan fingerprint density at radius 3 is 2.86 bits per heavy atom. The Kier molecular flexibility index (Phi) is 5.12. The predicted octanol–water partition coefficient (Wildman–Crippen LogP) is 2.56. The molecule has 6 heteroatoms. The number of likely N-dealkylation sites (N-methyl/N-ethyl adjacent to an activating group) is 1. The number of nitrogens with one attached hydrogen (secondary N) is 1. The molecular formula is C15H20F2N2O2. The average Bonchev–Trinajstić information content (AvgIpc) is 2.42. The van der Waals surface area contributed by atoms with Crippen LogP contribution in [0.15, 0.2) is 24.3 Å². The number of carbonyl (C=O) groups is 1. The van der Waals surface area contributed by atoms with Gasteiger partial charge in [-0.1, -0.05) is 12.1 Å². The number of hydrogen-bond acceptors (Lipinski definition) is 3. The van der Waals surface area contributed by atoms with E-state index in [1.165, 1.54) is 6.07 Å². The number of benzene rings is 1. The maximum atomic E-state index is 12.2. The van der Waals surface area contributed by atoms with Gasteiger partial charge < -0.3 is 15.0 Å². The summed E-state index contributed by atoms with van der Waals surface area (Å²) in [5.74, 6) is 0.320. The molecule has 21 heavy (non-hydrogen) atoms. The predicted molar refractivity (Wildman–Crippen MR) is 75.3 cm³/mol. The summed E-state index contributed by atoms with van der Waals surface area (Å²) in [5.41, 5.74) is 0.882. The lowest BCUT2D eigenvalue weighted by molar-refractivity contribution is -0.132. The van der Waals surface area contributed by atoms with Crippen molar-refractivity contribution >= 4 is 5.91 Å². The molecule has 1 aliphatic rings. The molecule has 0 aromatic heterocycles. The number of ether oxygens (including phenoxy) is 1. The first-order valence-electron chi connectivity index (χ1n) is 7.00. The number of carbonyl (C=O) groups excluding carboxylic acids is 1. The minimum absolute atomic E-state index is 0.00201. The summed E-state index contributed by atoms with van der Waals surface area (Å²) in [6, 6.07) is 6.90. The van der Waals surface area contributed by atoms with E-state index in [9.17, 15) is 13.6 Å². The fourth-order valence-electron chi connectivity index (χ4n) is 2.56. The topological polar surface area (TPSA) is 41.6 Å². The van der Waals surface area contributed by atoms with Gasteiger partial charge in [-0.3, -0.25) is 4.79 Å². The van der Waals surface area contributed by atoms with E-state index in [1.807, 2.05) is 13.0 Å². The van der Waals surface area contributed by atoms with Crippen LogP contribution < -0.4 is 10.1 Å². The molecule has 0 radical (unpaired) electrons. The highest BCUT2D eigenvalue weighted by Gasteiger charge is 2.24. The molecular weight excluding hydrogens is 278 g/mol. The second-order valence-corrected chi connectivity index (χ2v) is 5.35. The number of likely N-dealkylation sites (tertiary alicyclic amines) is 1. The molecule has 2 rings (SSSR count). The smallest absolute Gasteiger partial charge is 0.387 e. The monoisotopic (exact) mass is 298 g/mol. The van der Waals surface area contributed by atoms with Crippen LogP contribution in [0.4, 0.5) is 8.78 Å². The van der Waals surface area contributed by atoms with Crippen molar-refractivity contribution in [2.45, 2.75) is 38.5 Å². The highest BCUT2D eigenvalue weighted by molar-refractivity contribution is 5.76. The van der Waals surface area contributed by atoms with Gasteiger partial charge >= 0.3 is 6.61 Å². The van der Waals surface area contributed by atoms with E-state index in [0.717, 1.165) is 12.0 Å². The number of rotatable bonds is 5. The lowest BCUT2D eigenvalue weighted by Crippen LogP contribution is -2.47. The van der Waals surface area contributed by atoms with Crippen molar-refractivity contribution in [1.82, 2.24) is 10.2 Å². The fourth-order valence-corrected chi connectivity index (χ4v) is 2.56. The number of nitrogens with zero attached hydrogens (tertiary/aromatic N) is 1. The molecule has 1 amide bonds. The van der Waals surface area contributed by atoms with E-state index >= 15 is 0 Å². The Morgan fingerprint density at radius 2 is 2.19 bits per heavy atom. The van der Waals surface area contributed by atoms with E-state index in [1.54, 1.807) is 24.1 Å². The van der Waals surface area contributed by atoms with Gasteiger partial charge in [0.1, 0.15) is 5.75 Å². The van der Waals surface area contributed by atoms with E-state index < -0.39 is 6.61 Å². The van der Waals surface area contributed by atoms with Crippen LogP contribution in [-0.2, 0) is 4.79 Å². The van der Waals surface area contributed by atoms with Gasteiger partial charge in [-0.15, -0.1) is 0 Å². The molecule has 2 atom stereocenters. The van der Waals surface area contributed by atoms with Crippen molar-refractivity contribution in [1.29, 1.82) is 0 Å². The van der Waals surface area contributed by atoms with Crippen molar-refractivity contribution in [3.8, 4) is 5.75 Å². The maximum Gasteiger partial charge on any atom is 0.387 e. The van der Waals surface area contributed by atoms with E-state index in [0.29, 0.717) is 13.0 Å². The molecule has 1 fully saturated rings. The molecule has 0 bridgehead atoms. The minimum Gasteiger partial charge on any atom is -0.435 e. The lowest BCUT2D eigenvalue weighted by atomic mass is 10.0. The van der Waals surface area contributed by atoms with Crippen molar-refractivity contribution in [2.24, 2.45) is 0 Å². The molecule has 1 aromatic rings. The summed E-state index contributed by atoms with van der Waals surface area (Å²) in [4.78, 5) is 13.2. The van der Waals surface area contributed by atoms with Crippen molar-refractivity contribution in [2.75, 3.05) is 13.6 Å². The first-order valence-corrected chi connectivity index (χ1v) is 7.00. The van der Waals surface area contributed by atoms with Crippen molar-refractivity contribution < 1.29 is 18.3 Å². The first kappa shape index (κ1) is 15.7. The van der Waals surface area contributed by atoms with Crippen LogP contribution in [0.3, 0.4) is 0 Å². The van der Waals surface area contributed by atoms with Crippen molar-refractivity contribution in [3.05, 3.63) is 29.8 Å². The Hall–Kier alpha value is -1.69. The molecule has 0 saturated carbocycles. The second-order valence-electron chi connectivity index (χ2n) is 5.35. The Labute approximate surface area is 123 Å². The summed E-state index contributed by atoms with van der Waals surface area (Å²) in [7, 11) is 1.79. The third kappa shape index (κ3) is 4.39. The lowest BCUT2D eigenvalue weighted by Gasteiger charge is -2.32. The summed E-state index contributed by atoms with van der Waals surface area (Å²) in [6.07, 6.45) is 1.33. The van der Waals surface area contributed by atoms with Gasteiger partial charge in [-0.05, 0) is 31.0 Å². The summed E-state index contributed by atoms with van der Waals surface area (Å²) in [6.45, 7) is -0.185. The van der Waals surface area contributed by atoms with E-state index in [2.05, 4.69) is 10.1 Å². The Morgan fingerprint density at radius 1 is 1.43 bits per heavy atom. The maximum absolute atomic E-state index is 12.2. The van der Waals surface area contributed by atoms with Gasteiger partial charge in [-0.2, -0.15) is 8.78 Å². The average molecular weight is 298 g/mol. The molecule has 1 N–H and O–H groups in total. The molecule has 0 aliphatic carbocycles. The minimum atomic E-state index is -2.82. The van der Waals surface area contributed by atoms with Crippen molar-refractivity contribution in [3.63, 3.8) is 0 Å². The molecule has 2 unspecified atom stereocenters. The number of hydrogen-bond donors (Lipinski definition) is 1. The highest BCUT2D eigenvalue weighted by atomic mass is 19.3. The molecule has 0 spiro atoms. The van der Waals surface area contributed by atoms with Gasteiger partial charge in [0.2, 0.25) is 5.91 Å².